The van der Waals surface area contributed by atoms with Crippen molar-refractivity contribution in [3.63, 3.8) is 0 Å². The highest BCUT2D eigenvalue weighted by Gasteiger charge is 2.30. The van der Waals surface area contributed by atoms with Crippen LogP contribution in [0.4, 0.5) is 0 Å². The van der Waals surface area contributed by atoms with Crippen LogP contribution in [0.5, 0.6) is 5.75 Å². The molecular weight excluding hydrogens is 522 g/mol. The van der Waals surface area contributed by atoms with Crippen molar-refractivity contribution in [1.82, 2.24) is 14.1 Å². The summed E-state index contributed by atoms with van der Waals surface area (Å²) in [6.07, 6.45) is 2.26. The predicted molar refractivity (Wildman–Crippen MR) is 150 cm³/mol. The van der Waals surface area contributed by atoms with E-state index in [-0.39, 0.29) is 31.8 Å². The SMILES string of the molecule is COC1C=C(C)C(S(=O)(=O)N(C)CCOCC(=O)N(C)Cc2cccc(OCCN3CCOCC3)c2)=C(C)C1. The third-order valence-electron chi connectivity index (χ3n) is 6.96. The molecule has 0 spiro atoms. The largest absolute Gasteiger partial charge is 0.492 e. The number of methoxy groups -OCH3 is 1. The second-order valence-corrected chi connectivity index (χ2v) is 12.0. The predicted octanol–water partition coefficient (Wildman–Crippen LogP) is 2.27. The number of hydrogen-bond donors (Lipinski definition) is 0. The fourth-order valence-electron chi connectivity index (χ4n) is 4.67. The first-order valence-electron chi connectivity index (χ1n) is 13.3. The molecule has 218 valence electrons. The van der Waals surface area contributed by atoms with Gasteiger partial charge in [-0.05, 0) is 43.5 Å². The number of amides is 1. The van der Waals surface area contributed by atoms with Crippen molar-refractivity contribution in [2.45, 2.75) is 32.9 Å². The van der Waals surface area contributed by atoms with Gasteiger partial charge in [0.1, 0.15) is 19.0 Å². The van der Waals surface area contributed by atoms with Crippen LogP contribution in [0.2, 0.25) is 0 Å². The number of morpholine rings is 1. The molecular formula is C28H43N3O7S. The average molecular weight is 566 g/mol. The summed E-state index contributed by atoms with van der Waals surface area (Å²) in [5, 5.41) is 0. The standard InChI is InChI=1S/C28H43N3O7S/c1-22-17-26(35-5)18-23(2)28(22)39(33,34)30(4)9-13-37-21-27(32)29(3)20-24-7-6-8-25(19-24)38-16-12-31-10-14-36-15-11-31/h6-8,17,19,26H,9-16,18,20-21H2,1-5H3. The Labute approximate surface area is 233 Å². The van der Waals surface area contributed by atoms with E-state index in [4.69, 9.17) is 18.9 Å². The van der Waals surface area contributed by atoms with E-state index in [1.54, 1.807) is 26.0 Å². The summed E-state index contributed by atoms with van der Waals surface area (Å²) in [4.78, 5) is 16.8. The summed E-state index contributed by atoms with van der Waals surface area (Å²) >= 11 is 0. The van der Waals surface area contributed by atoms with Gasteiger partial charge in [-0.1, -0.05) is 23.8 Å². The maximum Gasteiger partial charge on any atom is 0.248 e. The van der Waals surface area contributed by atoms with Gasteiger partial charge in [0.2, 0.25) is 15.9 Å². The monoisotopic (exact) mass is 565 g/mol. The van der Waals surface area contributed by atoms with Crippen LogP contribution in [0.25, 0.3) is 0 Å². The van der Waals surface area contributed by atoms with Crippen molar-refractivity contribution in [2.24, 2.45) is 0 Å². The zero-order chi connectivity index (χ0) is 28.4. The highest BCUT2D eigenvalue weighted by atomic mass is 32.2. The lowest BCUT2D eigenvalue weighted by molar-refractivity contribution is -0.135. The quantitative estimate of drug-likeness (QED) is 0.317. The molecule has 10 nitrogen and oxygen atoms in total. The Morgan fingerprint density at radius 3 is 2.59 bits per heavy atom. The molecule has 0 N–H and O–H groups in total. The van der Waals surface area contributed by atoms with Crippen molar-refractivity contribution in [1.29, 1.82) is 0 Å². The molecule has 2 aliphatic rings. The zero-order valence-electron chi connectivity index (χ0n) is 23.8. The Morgan fingerprint density at radius 2 is 1.90 bits per heavy atom. The molecule has 1 heterocycles. The Morgan fingerprint density at radius 1 is 1.15 bits per heavy atom. The molecule has 1 saturated heterocycles. The second-order valence-electron chi connectivity index (χ2n) is 10.0. The Bertz CT molecular complexity index is 1130. The van der Waals surface area contributed by atoms with Gasteiger partial charge >= 0.3 is 0 Å². The van der Waals surface area contributed by atoms with E-state index in [9.17, 15) is 13.2 Å². The molecule has 1 fully saturated rings. The number of likely N-dealkylation sites (N-methyl/N-ethyl adjacent to an activating group) is 2. The maximum atomic E-state index is 13.2. The molecule has 1 aliphatic carbocycles. The molecule has 1 aromatic rings. The van der Waals surface area contributed by atoms with Gasteiger partial charge in [0.25, 0.3) is 0 Å². The molecule has 0 bridgehead atoms. The molecule has 1 atom stereocenters. The van der Waals surface area contributed by atoms with Crippen molar-refractivity contribution in [3.05, 3.63) is 52.0 Å². The third-order valence-corrected chi connectivity index (χ3v) is 9.15. The van der Waals surface area contributed by atoms with Crippen molar-refractivity contribution in [3.8, 4) is 5.75 Å². The minimum Gasteiger partial charge on any atom is -0.492 e. The summed E-state index contributed by atoms with van der Waals surface area (Å²) < 4.78 is 49.8. The van der Waals surface area contributed by atoms with Gasteiger partial charge in [0.05, 0.1) is 30.8 Å². The van der Waals surface area contributed by atoms with Crippen molar-refractivity contribution < 1.29 is 32.2 Å². The zero-order valence-corrected chi connectivity index (χ0v) is 24.7. The number of rotatable bonds is 14. The van der Waals surface area contributed by atoms with Gasteiger partial charge in [-0.2, -0.15) is 4.31 Å². The van der Waals surface area contributed by atoms with Gasteiger partial charge in [0.15, 0.2) is 0 Å². The van der Waals surface area contributed by atoms with Gasteiger partial charge in [-0.25, -0.2) is 8.42 Å². The fourth-order valence-corrected chi connectivity index (χ4v) is 6.30. The summed E-state index contributed by atoms with van der Waals surface area (Å²) in [6, 6.07) is 7.72. The summed E-state index contributed by atoms with van der Waals surface area (Å²) in [6.45, 7) is 8.96. The minimum absolute atomic E-state index is 0.109. The van der Waals surface area contributed by atoms with E-state index < -0.39 is 10.0 Å². The lowest BCUT2D eigenvalue weighted by Gasteiger charge is -2.26. The van der Waals surface area contributed by atoms with Crippen LogP contribution in [0.1, 0.15) is 25.8 Å². The van der Waals surface area contributed by atoms with E-state index >= 15 is 0 Å². The van der Waals surface area contributed by atoms with E-state index in [1.165, 1.54) is 11.4 Å². The topological polar surface area (TPSA) is 97.8 Å². The van der Waals surface area contributed by atoms with Crippen LogP contribution >= 0.6 is 0 Å². The number of benzene rings is 1. The van der Waals surface area contributed by atoms with Crippen LogP contribution in [0.15, 0.2) is 46.4 Å². The molecule has 1 unspecified atom stereocenters. The number of ether oxygens (including phenoxy) is 4. The summed E-state index contributed by atoms with van der Waals surface area (Å²) in [5.74, 6) is 0.586. The molecule has 0 saturated carbocycles. The first-order chi connectivity index (χ1) is 18.6. The number of sulfonamides is 1. The molecule has 1 aromatic carbocycles. The highest BCUT2D eigenvalue weighted by molar-refractivity contribution is 7.93. The maximum absolute atomic E-state index is 13.2. The third kappa shape index (κ3) is 9.12. The van der Waals surface area contributed by atoms with Gasteiger partial charge in [-0.15, -0.1) is 0 Å². The Kier molecular flexibility index (Phi) is 12.0. The number of carbonyl (C=O) groups is 1. The summed E-state index contributed by atoms with van der Waals surface area (Å²) in [7, 11) is 1.18. The van der Waals surface area contributed by atoms with E-state index in [0.717, 1.165) is 49.7 Å². The Balaban J connectivity index is 1.40. The van der Waals surface area contributed by atoms with Crippen LogP contribution in [-0.4, -0.2) is 115 Å². The number of nitrogens with zero attached hydrogens (tertiary/aromatic N) is 3. The van der Waals surface area contributed by atoms with E-state index in [2.05, 4.69) is 4.90 Å². The van der Waals surface area contributed by atoms with Crippen LogP contribution in [0, 0.1) is 0 Å². The lowest BCUT2D eigenvalue weighted by atomic mass is 9.99. The number of hydrogen-bond acceptors (Lipinski definition) is 8. The minimum atomic E-state index is -3.67. The van der Waals surface area contributed by atoms with Crippen LogP contribution in [-0.2, 0) is 35.6 Å². The first kappa shape index (κ1) is 31.3. The number of allylic oxidation sites excluding steroid dienone is 1. The van der Waals surface area contributed by atoms with Crippen LogP contribution < -0.4 is 4.74 Å². The average Bonchev–Trinajstić information content (AvgIpc) is 2.91. The molecule has 39 heavy (non-hydrogen) atoms. The molecule has 0 radical (unpaired) electrons. The fraction of sp³-hybridized carbons (Fsp3) is 0.607. The van der Waals surface area contributed by atoms with Crippen molar-refractivity contribution >= 4 is 15.9 Å². The van der Waals surface area contributed by atoms with Gasteiger partial charge in [-0.3, -0.25) is 9.69 Å². The van der Waals surface area contributed by atoms with Crippen LogP contribution in [0.3, 0.4) is 0 Å². The molecule has 1 amide bonds. The smallest absolute Gasteiger partial charge is 0.248 e. The number of carbonyl (C=O) groups excluding carboxylic acids is 1. The summed E-state index contributed by atoms with van der Waals surface area (Å²) in [5.41, 5.74) is 2.41. The van der Waals surface area contributed by atoms with Gasteiger partial charge in [0, 0.05) is 53.9 Å². The molecule has 0 aromatic heterocycles. The van der Waals surface area contributed by atoms with Gasteiger partial charge < -0.3 is 23.8 Å². The second kappa shape index (κ2) is 14.9. The molecule has 1 aliphatic heterocycles. The van der Waals surface area contributed by atoms with E-state index in [1.807, 2.05) is 37.3 Å². The van der Waals surface area contributed by atoms with Crippen molar-refractivity contribution in [2.75, 3.05) is 80.4 Å². The lowest BCUT2D eigenvalue weighted by Crippen LogP contribution is -2.38. The first-order valence-corrected chi connectivity index (χ1v) is 14.8. The molecule has 11 heteroatoms. The Hall–Kier alpha value is -2.28. The molecule has 3 rings (SSSR count). The normalized spacial score (nSPS) is 18.8. The van der Waals surface area contributed by atoms with E-state index in [0.29, 0.717) is 30.1 Å². The highest BCUT2D eigenvalue weighted by Crippen LogP contribution is 2.31.